The maximum absolute atomic E-state index is 12.1. The van der Waals surface area contributed by atoms with Gasteiger partial charge in [-0.15, -0.1) is 0 Å². The summed E-state index contributed by atoms with van der Waals surface area (Å²) < 4.78 is 27.8. The molecule has 0 aliphatic heterocycles. The lowest BCUT2D eigenvalue weighted by Crippen LogP contribution is -2.28. The predicted octanol–water partition coefficient (Wildman–Crippen LogP) is 3.02. The van der Waals surface area contributed by atoms with E-state index in [1.54, 1.807) is 37.4 Å². The first-order chi connectivity index (χ1) is 9.46. The van der Waals surface area contributed by atoms with Gasteiger partial charge in [0, 0.05) is 10.7 Å². The van der Waals surface area contributed by atoms with Crippen molar-refractivity contribution < 1.29 is 8.42 Å². The summed E-state index contributed by atoms with van der Waals surface area (Å²) in [4.78, 5) is 4.15. The Hall–Kier alpha value is -1.24. The van der Waals surface area contributed by atoms with Gasteiger partial charge in [0.15, 0.2) is 0 Å². The van der Waals surface area contributed by atoms with E-state index in [1.165, 1.54) is 0 Å². The average molecular weight is 355 g/mol. The van der Waals surface area contributed by atoms with Crippen molar-refractivity contribution in [1.29, 1.82) is 0 Å². The third-order valence-electron chi connectivity index (χ3n) is 2.76. The zero-order chi connectivity index (χ0) is 14.6. The molecule has 20 heavy (non-hydrogen) atoms. The highest BCUT2D eigenvalue weighted by atomic mass is 79.9. The third kappa shape index (κ3) is 4.40. The number of rotatable bonds is 5. The van der Waals surface area contributed by atoms with Crippen LogP contribution in [-0.2, 0) is 15.8 Å². The summed E-state index contributed by atoms with van der Waals surface area (Å²) in [5.74, 6) is -0.0442. The molecule has 0 amide bonds. The van der Waals surface area contributed by atoms with Crippen molar-refractivity contribution >= 4 is 26.0 Å². The second-order valence-electron chi connectivity index (χ2n) is 4.48. The Kier molecular flexibility index (Phi) is 4.91. The van der Waals surface area contributed by atoms with Crippen molar-refractivity contribution in [3.05, 3.63) is 64.4 Å². The first kappa shape index (κ1) is 15.2. The van der Waals surface area contributed by atoms with Gasteiger partial charge in [-0.1, -0.05) is 34.1 Å². The first-order valence-electron chi connectivity index (χ1n) is 6.12. The smallest absolute Gasteiger partial charge is 0.216 e. The monoisotopic (exact) mass is 354 g/mol. The first-order valence-corrected chi connectivity index (χ1v) is 8.56. The van der Waals surface area contributed by atoms with Crippen molar-refractivity contribution in [2.75, 3.05) is 0 Å². The van der Waals surface area contributed by atoms with Crippen LogP contribution in [0.5, 0.6) is 0 Å². The maximum atomic E-state index is 12.1. The average Bonchev–Trinajstić information content (AvgIpc) is 2.41. The van der Waals surface area contributed by atoms with Gasteiger partial charge in [-0.3, -0.25) is 4.98 Å². The lowest BCUT2D eigenvalue weighted by Gasteiger charge is -2.13. The van der Waals surface area contributed by atoms with E-state index in [-0.39, 0.29) is 11.8 Å². The number of sulfonamides is 1. The van der Waals surface area contributed by atoms with Crippen LogP contribution in [-0.4, -0.2) is 13.4 Å². The third-order valence-corrected chi connectivity index (χ3v) is 4.71. The molecule has 1 heterocycles. The molecule has 2 rings (SSSR count). The molecule has 0 fully saturated rings. The lowest BCUT2D eigenvalue weighted by molar-refractivity contribution is 0.563. The number of halogens is 1. The van der Waals surface area contributed by atoms with Crippen LogP contribution < -0.4 is 4.72 Å². The van der Waals surface area contributed by atoms with Crippen LogP contribution in [0.4, 0.5) is 0 Å². The van der Waals surface area contributed by atoms with Crippen LogP contribution in [0, 0.1) is 0 Å². The largest absolute Gasteiger partial charge is 0.260 e. The van der Waals surface area contributed by atoms with Crippen molar-refractivity contribution in [3.8, 4) is 0 Å². The maximum Gasteiger partial charge on any atom is 0.216 e. The molecule has 2 aromatic rings. The van der Waals surface area contributed by atoms with Gasteiger partial charge in [0.2, 0.25) is 10.0 Å². The summed E-state index contributed by atoms with van der Waals surface area (Å²) in [5, 5.41) is 0. The zero-order valence-electron chi connectivity index (χ0n) is 11.0. The van der Waals surface area contributed by atoms with Gasteiger partial charge < -0.3 is 0 Å². The highest BCUT2D eigenvalue weighted by Gasteiger charge is 2.17. The van der Waals surface area contributed by atoms with Crippen LogP contribution >= 0.6 is 15.9 Å². The molecule has 106 valence electrons. The van der Waals surface area contributed by atoms with E-state index in [2.05, 4.69) is 25.6 Å². The van der Waals surface area contributed by atoms with Crippen molar-refractivity contribution in [1.82, 2.24) is 9.71 Å². The molecule has 1 atom stereocenters. The number of benzene rings is 1. The topological polar surface area (TPSA) is 59.1 Å². The molecule has 1 aromatic heterocycles. The van der Waals surface area contributed by atoms with E-state index in [0.29, 0.717) is 5.69 Å². The second-order valence-corrected chi connectivity index (χ2v) is 7.15. The van der Waals surface area contributed by atoms with Gasteiger partial charge in [-0.2, -0.15) is 0 Å². The molecule has 6 heteroatoms. The van der Waals surface area contributed by atoms with Crippen LogP contribution in [0.1, 0.15) is 24.2 Å². The molecule has 1 unspecified atom stereocenters. The van der Waals surface area contributed by atoms with Gasteiger partial charge in [-0.25, -0.2) is 13.1 Å². The molecule has 0 radical (unpaired) electrons. The van der Waals surface area contributed by atoms with E-state index < -0.39 is 10.0 Å². The number of aromatic nitrogens is 1. The fourth-order valence-corrected chi connectivity index (χ4v) is 3.44. The van der Waals surface area contributed by atoms with E-state index >= 15 is 0 Å². The summed E-state index contributed by atoms with van der Waals surface area (Å²) >= 11 is 3.32. The fourth-order valence-electron chi connectivity index (χ4n) is 1.80. The molecule has 0 saturated carbocycles. The van der Waals surface area contributed by atoms with Crippen molar-refractivity contribution in [2.24, 2.45) is 0 Å². The normalized spacial score (nSPS) is 13.1. The minimum atomic E-state index is -3.40. The summed E-state index contributed by atoms with van der Waals surface area (Å²) in [6.07, 6.45) is 1.65. The van der Waals surface area contributed by atoms with Gasteiger partial charge in [0.25, 0.3) is 0 Å². The molecule has 0 bridgehead atoms. The van der Waals surface area contributed by atoms with E-state index in [0.717, 1.165) is 10.0 Å². The summed E-state index contributed by atoms with van der Waals surface area (Å²) in [6.45, 7) is 1.78. The Morgan fingerprint density at radius 1 is 1.20 bits per heavy atom. The molecule has 4 nitrogen and oxygen atoms in total. The van der Waals surface area contributed by atoms with Gasteiger partial charge in [-0.05, 0) is 36.8 Å². The highest BCUT2D eigenvalue weighted by molar-refractivity contribution is 9.10. The highest BCUT2D eigenvalue weighted by Crippen LogP contribution is 2.15. The van der Waals surface area contributed by atoms with Gasteiger partial charge in [0.05, 0.1) is 17.5 Å². The van der Waals surface area contributed by atoms with Crippen LogP contribution in [0.25, 0.3) is 0 Å². The predicted molar refractivity (Wildman–Crippen MR) is 82.6 cm³/mol. The number of nitrogens with zero attached hydrogens (tertiary/aromatic N) is 1. The number of nitrogens with one attached hydrogen (secondary N) is 1. The summed E-state index contributed by atoms with van der Waals surface area (Å²) in [6, 6.07) is 12.3. The van der Waals surface area contributed by atoms with Crippen molar-refractivity contribution in [2.45, 2.75) is 18.7 Å². The summed E-state index contributed by atoms with van der Waals surface area (Å²) in [5.41, 5.74) is 1.45. The molecule has 0 aliphatic rings. The van der Waals surface area contributed by atoms with Crippen molar-refractivity contribution in [3.63, 3.8) is 0 Å². The van der Waals surface area contributed by atoms with Gasteiger partial charge >= 0.3 is 0 Å². The molecule has 0 spiro atoms. The molecule has 0 saturated heterocycles. The minimum Gasteiger partial charge on any atom is -0.260 e. The Labute approximate surface area is 127 Å². The Morgan fingerprint density at radius 2 is 1.90 bits per heavy atom. The summed E-state index contributed by atoms with van der Waals surface area (Å²) in [7, 11) is -3.40. The van der Waals surface area contributed by atoms with Crippen LogP contribution in [0.2, 0.25) is 0 Å². The zero-order valence-corrected chi connectivity index (χ0v) is 13.4. The molecule has 1 aromatic carbocycles. The molecule has 1 N–H and O–H groups in total. The minimum absolute atomic E-state index is 0.0442. The van der Waals surface area contributed by atoms with E-state index in [9.17, 15) is 8.42 Å². The van der Waals surface area contributed by atoms with E-state index in [1.807, 2.05) is 18.2 Å². The van der Waals surface area contributed by atoms with Gasteiger partial charge in [0.1, 0.15) is 0 Å². The standard InChI is InChI=1S/C14H15BrN2O2S/c1-11(14-4-2-3-9-16-14)17-20(18,19)10-12-5-7-13(15)8-6-12/h2-9,11,17H,10H2,1H3. The Balaban J connectivity index is 2.06. The quantitative estimate of drug-likeness (QED) is 0.897. The SMILES string of the molecule is CC(NS(=O)(=O)Cc1ccc(Br)cc1)c1ccccn1. The van der Waals surface area contributed by atoms with E-state index in [4.69, 9.17) is 0 Å². The fraction of sp³-hybridized carbons (Fsp3) is 0.214. The second kappa shape index (κ2) is 6.47. The molecular weight excluding hydrogens is 340 g/mol. The number of hydrogen-bond donors (Lipinski definition) is 1. The van der Waals surface area contributed by atoms with Crippen LogP contribution in [0.15, 0.2) is 53.1 Å². The van der Waals surface area contributed by atoms with Crippen LogP contribution in [0.3, 0.4) is 0 Å². The number of hydrogen-bond acceptors (Lipinski definition) is 3. The molecule has 0 aliphatic carbocycles. The Bertz CT molecular complexity index is 657. The number of pyridine rings is 1. The Morgan fingerprint density at radius 3 is 2.50 bits per heavy atom. The lowest BCUT2D eigenvalue weighted by atomic mass is 10.2. The molecular formula is C14H15BrN2O2S.